The van der Waals surface area contributed by atoms with Gasteiger partial charge in [-0.15, -0.1) is 0 Å². The SMILES string of the molecule is CN1CC[C@@](O)(c2ccccc2)[C@@]1(C)c1ccccc1. The van der Waals surface area contributed by atoms with Gasteiger partial charge in [-0.1, -0.05) is 60.7 Å². The molecular weight excluding hydrogens is 246 g/mol. The number of likely N-dealkylation sites (N-methyl/N-ethyl adjacent to an activating group) is 1. The second kappa shape index (κ2) is 4.72. The molecule has 2 atom stereocenters. The Balaban J connectivity index is 2.16. The Morgan fingerprint density at radius 1 is 0.900 bits per heavy atom. The maximum atomic E-state index is 11.5. The third-order valence-corrected chi connectivity index (χ3v) is 4.97. The van der Waals surface area contributed by atoms with Gasteiger partial charge in [0.05, 0.1) is 5.54 Å². The molecule has 0 unspecified atom stereocenters. The average molecular weight is 267 g/mol. The molecule has 1 aliphatic rings. The van der Waals surface area contributed by atoms with Gasteiger partial charge < -0.3 is 5.11 Å². The molecule has 104 valence electrons. The molecule has 20 heavy (non-hydrogen) atoms. The van der Waals surface area contributed by atoms with Gasteiger partial charge >= 0.3 is 0 Å². The molecule has 2 nitrogen and oxygen atoms in total. The molecule has 1 N–H and O–H groups in total. The van der Waals surface area contributed by atoms with Gasteiger partial charge in [-0.25, -0.2) is 0 Å². The van der Waals surface area contributed by atoms with Crippen LogP contribution in [0.1, 0.15) is 24.5 Å². The molecule has 1 heterocycles. The zero-order valence-corrected chi connectivity index (χ0v) is 12.1. The summed E-state index contributed by atoms with van der Waals surface area (Å²) in [6.45, 7) is 3.03. The first kappa shape index (κ1) is 13.3. The van der Waals surface area contributed by atoms with Gasteiger partial charge in [-0.05, 0) is 31.5 Å². The van der Waals surface area contributed by atoms with E-state index in [-0.39, 0.29) is 0 Å². The summed E-state index contributed by atoms with van der Waals surface area (Å²) in [7, 11) is 2.09. The summed E-state index contributed by atoms with van der Waals surface area (Å²) in [5.74, 6) is 0. The van der Waals surface area contributed by atoms with E-state index in [1.807, 2.05) is 48.5 Å². The maximum absolute atomic E-state index is 11.5. The number of rotatable bonds is 2. The smallest absolute Gasteiger partial charge is 0.113 e. The highest BCUT2D eigenvalue weighted by Crippen LogP contribution is 2.50. The minimum atomic E-state index is -0.857. The zero-order valence-electron chi connectivity index (χ0n) is 12.1. The normalized spacial score (nSPS) is 30.6. The van der Waals surface area contributed by atoms with E-state index in [2.05, 4.69) is 31.0 Å². The third-order valence-electron chi connectivity index (χ3n) is 4.97. The largest absolute Gasteiger partial charge is 0.383 e. The van der Waals surface area contributed by atoms with Crippen LogP contribution in [0.15, 0.2) is 60.7 Å². The summed E-state index contributed by atoms with van der Waals surface area (Å²) in [6.07, 6.45) is 0.749. The number of nitrogens with zero attached hydrogens (tertiary/aromatic N) is 1. The van der Waals surface area contributed by atoms with E-state index in [0.29, 0.717) is 0 Å². The first-order chi connectivity index (χ1) is 9.59. The molecule has 2 heteroatoms. The number of likely N-dealkylation sites (tertiary alicyclic amines) is 1. The molecule has 0 amide bonds. The molecule has 1 aliphatic heterocycles. The van der Waals surface area contributed by atoms with E-state index in [1.54, 1.807) is 0 Å². The Morgan fingerprint density at radius 3 is 1.95 bits per heavy atom. The van der Waals surface area contributed by atoms with E-state index in [1.165, 1.54) is 0 Å². The standard InChI is InChI=1S/C18H21NO/c1-17(15-9-5-3-6-10-15)18(20,13-14-19(17)2)16-11-7-4-8-12-16/h3-12,20H,13-14H2,1-2H3/t17-,18-/m1/s1. The van der Waals surface area contributed by atoms with Crippen LogP contribution in [0.25, 0.3) is 0 Å². The Bertz CT molecular complexity index is 583. The number of benzene rings is 2. The van der Waals surface area contributed by atoms with E-state index in [9.17, 15) is 5.11 Å². The maximum Gasteiger partial charge on any atom is 0.113 e. The molecule has 2 aromatic rings. The van der Waals surface area contributed by atoms with Crippen LogP contribution < -0.4 is 0 Å². The molecule has 1 fully saturated rings. The summed E-state index contributed by atoms with van der Waals surface area (Å²) >= 11 is 0. The van der Waals surface area contributed by atoms with Gasteiger partial charge in [0.15, 0.2) is 0 Å². The highest BCUT2D eigenvalue weighted by atomic mass is 16.3. The monoisotopic (exact) mass is 267 g/mol. The fraction of sp³-hybridized carbons (Fsp3) is 0.333. The van der Waals surface area contributed by atoms with E-state index >= 15 is 0 Å². The van der Waals surface area contributed by atoms with Crippen LogP contribution in [0, 0.1) is 0 Å². The van der Waals surface area contributed by atoms with Crippen molar-refractivity contribution in [2.75, 3.05) is 13.6 Å². The van der Waals surface area contributed by atoms with Crippen LogP contribution in [0.5, 0.6) is 0 Å². The summed E-state index contributed by atoms with van der Waals surface area (Å²) in [6, 6.07) is 20.4. The van der Waals surface area contributed by atoms with Gasteiger partial charge in [-0.3, -0.25) is 4.90 Å². The van der Waals surface area contributed by atoms with Crippen molar-refractivity contribution in [3.8, 4) is 0 Å². The van der Waals surface area contributed by atoms with Gasteiger partial charge in [-0.2, -0.15) is 0 Å². The van der Waals surface area contributed by atoms with Gasteiger partial charge in [0, 0.05) is 6.54 Å². The molecular formula is C18H21NO. The highest BCUT2D eigenvalue weighted by molar-refractivity contribution is 5.37. The molecule has 0 spiro atoms. The van der Waals surface area contributed by atoms with Crippen molar-refractivity contribution in [1.29, 1.82) is 0 Å². The summed E-state index contributed by atoms with van der Waals surface area (Å²) in [5.41, 5.74) is 0.891. The van der Waals surface area contributed by atoms with Crippen molar-refractivity contribution < 1.29 is 5.11 Å². The summed E-state index contributed by atoms with van der Waals surface area (Å²) < 4.78 is 0. The lowest BCUT2D eigenvalue weighted by molar-refractivity contribution is -0.0570. The highest BCUT2D eigenvalue weighted by Gasteiger charge is 2.55. The topological polar surface area (TPSA) is 23.5 Å². The molecule has 0 aliphatic carbocycles. The zero-order chi connectivity index (χ0) is 14.2. The summed E-state index contributed by atoms with van der Waals surface area (Å²) in [5, 5.41) is 11.5. The van der Waals surface area contributed by atoms with Crippen LogP contribution in [-0.4, -0.2) is 23.6 Å². The average Bonchev–Trinajstić information content (AvgIpc) is 2.75. The Hall–Kier alpha value is -1.64. The molecule has 3 rings (SSSR count). The summed E-state index contributed by atoms with van der Waals surface area (Å²) in [4.78, 5) is 2.26. The van der Waals surface area contributed by atoms with Crippen LogP contribution in [0.2, 0.25) is 0 Å². The Morgan fingerprint density at radius 2 is 1.40 bits per heavy atom. The van der Waals surface area contributed by atoms with Crippen LogP contribution >= 0.6 is 0 Å². The minimum absolute atomic E-state index is 0.407. The first-order valence-electron chi connectivity index (χ1n) is 7.14. The Labute approximate surface area is 120 Å². The van der Waals surface area contributed by atoms with Crippen LogP contribution in [-0.2, 0) is 11.1 Å². The van der Waals surface area contributed by atoms with Crippen molar-refractivity contribution in [3.63, 3.8) is 0 Å². The van der Waals surface area contributed by atoms with Crippen molar-refractivity contribution in [3.05, 3.63) is 71.8 Å². The van der Waals surface area contributed by atoms with Crippen LogP contribution in [0.3, 0.4) is 0 Å². The molecule has 2 aromatic carbocycles. The molecule has 0 radical (unpaired) electrons. The van der Waals surface area contributed by atoms with E-state index in [4.69, 9.17) is 0 Å². The van der Waals surface area contributed by atoms with Crippen molar-refractivity contribution in [1.82, 2.24) is 4.90 Å². The minimum Gasteiger partial charge on any atom is -0.383 e. The van der Waals surface area contributed by atoms with Gasteiger partial charge in [0.25, 0.3) is 0 Å². The van der Waals surface area contributed by atoms with Crippen LogP contribution in [0.4, 0.5) is 0 Å². The van der Waals surface area contributed by atoms with Crippen molar-refractivity contribution >= 4 is 0 Å². The van der Waals surface area contributed by atoms with E-state index < -0.39 is 11.1 Å². The van der Waals surface area contributed by atoms with Gasteiger partial charge in [0.2, 0.25) is 0 Å². The van der Waals surface area contributed by atoms with Crippen molar-refractivity contribution in [2.45, 2.75) is 24.5 Å². The predicted octanol–water partition coefficient (Wildman–Crippen LogP) is 3.13. The Kier molecular flexibility index (Phi) is 3.15. The fourth-order valence-electron chi connectivity index (χ4n) is 3.47. The van der Waals surface area contributed by atoms with E-state index in [0.717, 1.165) is 24.1 Å². The van der Waals surface area contributed by atoms with Gasteiger partial charge in [0.1, 0.15) is 5.60 Å². The fourth-order valence-corrected chi connectivity index (χ4v) is 3.47. The lowest BCUT2D eigenvalue weighted by Gasteiger charge is -2.44. The molecule has 0 bridgehead atoms. The number of hydrogen-bond acceptors (Lipinski definition) is 2. The quantitative estimate of drug-likeness (QED) is 0.903. The first-order valence-corrected chi connectivity index (χ1v) is 7.14. The predicted molar refractivity (Wildman–Crippen MR) is 81.4 cm³/mol. The third kappa shape index (κ3) is 1.72. The number of hydrogen-bond donors (Lipinski definition) is 1. The molecule has 0 saturated carbocycles. The molecule has 1 saturated heterocycles. The lowest BCUT2D eigenvalue weighted by atomic mass is 9.72. The lowest BCUT2D eigenvalue weighted by Crippen LogP contribution is -2.50. The second-order valence-electron chi connectivity index (χ2n) is 5.84. The van der Waals surface area contributed by atoms with Crippen molar-refractivity contribution in [2.24, 2.45) is 0 Å². The second-order valence-corrected chi connectivity index (χ2v) is 5.84. The number of aliphatic hydroxyl groups is 1. The molecule has 0 aromatic heterocycles.